The van der Waals surface area contributed by atoms with Gasteiger partial charge in [0.2, 0.25) is 10.3 Å². The van der Waals surface area contributed by atoms with Gasteiger partial charge in [-0.15, -0.1) is 10.2 Å². The highest BCUT2D eigenvalue weighted by atomic mass is 32.1. The van der Waals surface area contributed by atoms with Crippen molar-refractivity contribution in [1.29, 1.82) is 0 Å². The zero-order chi connectivity index (χ0) is 29.6. The maximum atomic E-state index is 4.32. The van der Waals surface area contributed by atoms with Gasteiger partial charge in [-0.2, -0.15) is 0 Å². The Hall–Kier alpha value is -1.36. The number of nitrogens with zero attached hydrogens (tertiary/aromatic N) is 2. The molecule has 4 nitrogen and oxygen atoms in total. The fourth-order valence-electron chi connectivity index (χ4n) is 5.37. The lowest BCUT2D eigenvalue weighted by Crippen LogP contribution is -1.95. The summed E-state index contributed by atoms with van der Waals surface area (Å²) in [6.45, 7) is 8.85. The predicted octanol–water partition coefficient (Wildman–Crippen LogP) is 13.4. The molecular formula is C36H68N4S. The first-order valence-electron chi connectivity index (χ1n) is 17.9. The number of hydrogen-bond donors (Lipinski definition) is 2. The molecule has 0 aromatic carbocycles. The summed E-state index contributed by atoms with van der Waals surface area (Å²) in [5.41, 5.74) is 2.35. The van der Waals surface area contributed by atoms with E-state index in [2.05, 4.69) is 60.7 Å². The second-order valence-corrected chi connectivity index (χ2v) is 13.3. The van der Waals surface area contributed by atoms with Crippen LogP contribution in [0.5, 0.6) is 0 Å². The van der Waals surface area contributed by atoms with Gasteiger partial charge in [0.05, 0.1) is 0 Å². The van der Waals surface area contributed by atoms with E-state index in [9.17, 15) is 0 Å². The van der Waals surface area contributed by atoms with Crippen molar-refractivity contribution in [3.05, 3.63) is 23.5 Å². The van der Waals surface area contributed by atoms with E-state index in [0.717, 1.165) is 23.1 Å². The molecule has 0 atom stereocenters. The average Bonchev–Trinajstić information content (AvgIpc) is 3.39. The molecule has 5 heteroatoms. The lowest BCUT2D eigenvalue weighted by atomic mass is 10.0. The average molecular weight is 589 g/mol. The third kappa shape index (κ3) is 24.9. The van der Waals surface area contributed by atoms with Crippen LogP contribution in [0, 0.1) is 0 Å². The Labute approximate surface area is 260 Å². The molecule has 238 valence electrons. The highest BCUT2D eigenvalue weighted by Gasteiger charge is 2.04. The van der Waals surface area contributed by atoms with E-state index in [0.29, 0.717) is 0 Å². The Morgan fingerprint density at radius 1 is 0.463 bits per heavy atom. The van der Waals surface area contributed by atoms with Gasteiger partial charge in [0.15, 0.2) is 0 Å². The SMILES string of the molecule is CCCCCCCCCCCCCCC=C(C)Nc1nnc(NC(C)=CCCCCCCCCCCCCCC)s1. The number of anilines is 2. The first-order chi connectivity index (χ1) is 20.2. The van der Waals surface area contributed by atoms with Crippen molar-refractivity contribution < 1.29 is 0 Å². The van der Waals surface area contributed by atoms with Crippen molar-refractivity contribution in [1.82, 2.24) is 10.2 Å². The molecule has 0 spiro atoms. The summed E-state index contributed by atoms with van der Waals surface area (Å²) < 4.78 is 0. The largest absolute Gasteiger partial charge is 0.334 e. The smallest absolute Gasteiger partial charge is 0.211 e. The highest BCUT2D eigenvalue weighted by molar-refractivity contribution is 7.19. The molecule has 0 fully saturated rings. The minimum atomic E-state index is 0.865. The monoisotopic (exact) mass is 589 g/mol. The molecule has 0 saturated carbocycles. The van der Waals surface area contributed by atoms with E-state index >= 15 is 0 Å². The minimum absolute atomic E-state index is 0.865. The Balaban J connectivity index is 2.02. The van der Waals surface area contributed by atoms with Crippen LogP contribution in [0.15, 0.2) is 23.5 Å². The molecule has 1 aromatic heterocycles. The Morgan fingerprint density at radius 2 is 0.732 bits per heavy atom. The van der Waals surface area contributed by atoms with Crippen LogP contribution in [0.1, 0.15) is 195 Å². The Bertz CT molecular complexity index is 694. The molecule has 1 aromatic rings. The number of allylic oxidation sites excluding steroid dienone is 4. The summed E-state index contributed by atoms with van der Waals surface area (Å²) in [6, 6.07) is 0. The molecule has 0 radical (unpaired) electrons. The number of hydrogen-bond acceptors (Lipinski definition) is 5. The van der Waals surface area contributed by atoms with Crippen LogP contribution in [-0.4, -0.2) is 10.2 Å². The third-order valence-corrected chi connectivity index (χ3v) is 8.80. The van der Waals surface area contributed by atoms with Crippen molar-refractivity contribution in [3.8, 4) is 0 Å². The van der Waals surface area contributed by atoms with Crippen molar-refractivity contribution in [2.24, 2.45) is 0 Å². The van der Waals surface area contributed by atoms with Crippen LogP contribution in [0.3, 0.4) is 0 Å². The highest BCUT2D eigenvalue weighted by Crippen LogP contribution is 2.23. The van der Waals surface area contributed by atoms with E-state index in [-0.39, 0.29) is 0 Å². The zero-order valence-electron chi connectivity index (χ0n) is 27.8. The molecule has 0 aliphatic heterocycles. The van der Waals surface area contributed by atoms with Crippen LogP contribution in [0.4, 0.5) is 10.3 Å². The molecule has 0 unspecified atom stereocenters. The Kier molecular flexibility index (Phi) is 26.4. The van der Waals surface area contributed by atoms with E-state index < -0.39 is 0 Å². The van der Waals surface area contributed by atoms with Crippen molar-refractivity contribution in [2.75, 3.05) is 10.6 Å². The van der Waals surface area contributed by atoms with Crippen molar-refractivity contribution in [2.45, 2.75) is 195 Å². The van der Waals surface area contributed by atoms with Crippen molar-refractivity contribution in [3.63, 3.8) is 0 Å². The van der Waals surface area contributed by atoms with Gasteiger partial charge in [0, 0.05) is 11.4 Å². The Morgan fingerprint density at radius 3 is 1.02 bits per heavy atom. The van der Waals surface area contributed by atoms with E-state index in [4.69, 9.17) is 0 Å². The molecule has 2 N–H and O–H groups in total. The molecular weight excluding hydrogens is 520 g/mol. The van der Waals surface area contributed by atoms with Gasteiger partial charge >= 0.3 is 0 Å². The van der Waals surface area contributed by atoms with E-state index in [1.54, 1.807) is 11.3 Å². The van der Waals surface area contributed by atoms with Crippen molar-refractivity contribution >= 4 is 21.6 Å². The summed E-state index contributed by atoms with van der Waals surface area (Å²) in [4.78, 5) is 0. The first kappa shape index (κ1) is 37.7. The van der Waals surface area contributed by atoms with Gasteiger partial charge < -0.3 is 10.6 Å². The van der Waals surface area contributed by atoms with Gasteiger partial charge in [-0.05, 0) is 39.5 Å². The predicted molar refractivity (Wildman–Crippen MR) is 186 cm³/mol. The number of unbranched alkanes of at least 4 members (excludes halogenated alkanes) is 24. The van der Waals surface area contributed by atoms with Gasteiger partial charge in [-0.3, -0.25) is 0 Å². The van der Waals surface area contributed by atoms with E-state index in [1.165, 1.54) is 165 Å². The molecule has 0 aliphatic carbocycles. The molecule has 1 heterocycles. The lowest BCUT2D eigenvalue weighted by molar-refractivity contribution is 0.545. The number of rotatable bonds is 30. The van der Waals surface area contributed by atoms with Crippen LogP contribution < -0.4 is 10.6 Å². The molecule has 41 heavy (non-hydrogen) atoms. The summed E-state index contributed by atoms with van der Waals surface area (Å²) in [7, 11) is 0. The molecule has 0 amide bonds. The fraction of sp³-hybridized carbons (Fsp3) is 0.833. The third-order valence-electron chi connectivity index (χ3n) is 8.05. The number of aromatic nitrogens is 2. The second-order valence-electron chi connectivity index (χ2n) is 12.3. The van der Waals surface area contributed by atoms with Crippen LogP contribution in [-0.2, 0) is 0 Å². The maximum Gasteiger partial charge on any atom is 0.211 e. The quantitative estimate of drug-likeness (QED) is 0.0877. The topological polar surface area (TPSA) is 49.8 Å². The lowest BCUT2D eigenvalue weighted by Gasteiger charge is -2.04. The van der Waals surface area contributed by atoms with Gasteiger partial charge in [0.1, 0.15) is 0 Å². The summed E-state index contributed by atoms with van der Waals surface area (Å²) in [5, 5.41) is 17.2. The molecule has 0 saturated heterocycles. The van der Waals surface area contributed by atoms with Gasteiger partial charge in [-0.25, -0.2) is 0 Å². The molecule has 1 rings (SSSR count). The zero-order valence-corrected chi connectivity index (χ0v) is 28.7. The molecule has 0 aliphatic rings. The standard InChI is InChI=1S/C36H68N4S/c1-5-7-9-11-13-15-17-19-21-23-25-27-29-31-33(3)37-35-39-40-36(41-35)38-34(4)32-30-28-26-24-22-20-18-16-14-12-10-8-6-2/h31-32H,5-30H2,1-4H3,(H,37,39)(H,38,40). The van der Waals surface area contributed by atoms with E-state index in [1.807, 2.05) is 0 Å². The summed E-state index contributed by atoms with van der Waals surface area (Å²) in [5.74, 6) is 0. The second kappa shape index (κ2) is 28.7. The van der Waals surface area contributed by atoms with Crippen LogP contribution in [0.25, 0.3) is 0 Å². The first-order valence-corrected chi connectivity index (χ1v) is 18.7. The normalized spacial score (nSPS) is 12.3. The van der Waals surface area contributed by atoms with Crippen LogP contribution in [0.2, 0.25) is 0 Å². The maximum absolute atomic E-state index is 4.32. The van der Waals surface area contributed by atoms with Gasteiger partial charge in [0.25, 0.3) is 0 Å². The summed E-state index contributed by atoms with van der Waals surface area (Å²) >= 11 is 1.59. The van der Waals surface area contributed by atoms with Gasteiger partial charge in [-0.1, -0.05) is 179 Å². The fourth-order valence-corrected chi connectivity index (χ4v) is 6.14. The molecule has 0 bridgehead atoms. The summed E-state index contributed by atoms with van der Waals surface area (Å²) in [6.07, 6.45) is 40.5. The van der Waals surface area contributed by atoms with Crippen LogP contribution >= 0.6 is 11.3 Å². The minimum Gasteiger partial charge on any atom is -0.334 e. The number of nitrogens with one attached hydrogen (secondary N) is 2.